The zero-order valence-electron chi connectivity index (χ0n) is 6.92. The molecule has 13 heavy (non-hydrogen) atoms. The number of carbonyl (C=O) groups excluding carboxylic acids is 1. The number of nitrogens with one attached hydrogen (secondary N) is 1. The van der Waals surface area contributed by atoms with Gasteiger partial charge in [-0.1, -0.05) is 23.4 Å². The Kier molecular flexibility index (Phi) is 8.23. The Bertz CT molecular complexity index is 226. The molecule has 1 rings (SSSR count). The molecule has 5 heteroatoms. The molecule has 64 valence electrons. The summed E-state index contributed by atoms with van der Waals surface area (Å²) in [5.41, 5.74) is 0. The van der Waals surface area contributed by atoms with Crippen LogP contribution in [0.5, 0.6) is 0 Å². The summed E-state index contributed by atoms with van der Waals surface area (Å²) >= 11 is 0. The van der Waals surface area contributed by atoms with E-state index in [-0.39, 0.29) is 37.7 Å². The molecule has 0 aromatic heterocycles. The van der Waals surface area contributed by atoms with Gasteiger partial charge in [0, 0.05) is 0 Å². The van der Waals surface area contributed by atoms with Crippen LogP contribution in [0.15, 0.2) is 23.4 Å². The van der Waals surface area contributed by atoms with E-state index in [0.29, 0.717) is 0 Å². The van der Waals surface area contributed by atoms with Gasteiger partial charge in [0.1, 0.15) is 0 Å². The maximum atomic E-state index is 10.3. The Morgan fingerprint density at radius 3 is 2.46 bits per heavy atom. The molecule has 0 radical (unpaired) electrons. The second-order valence-electron chi connectivity index (χ2n) is 3.21. The van der Waals surface area contributed by atoms with Gasteiger partial charge in [0.2, 0.25) is 0 Å². The molecule has 0 saturated heterocycles. The normalized spacial score (nSPS) is 13.8. The molecular formula is C8H15Li2NOSi. The summed E-state index contributed by atoms with van der Waals surface area (Å²) in [5.74, 6) is 0. The van der Waals surface area contributed by atoms with Crippen molar-refractivity contribution in [1.82, 2.24) is 4.98 Å². The standard InChI is InChI=1S/C8H13NOSi.2Li.2H/c1-11(2,9-7-10)8-5-3-4-6-8;;;;/h3-5,7H,6H2,1-2H3,(H,9,10);;;;. The van der Waals surface area contributed by atoms with Gasteiger partial charge in [0.25, 0.3) is 0 Å². The number of hydrogen-bond donors (Lipinski definition) is 1. The van der Waals surface area contributed by atoms with Crippen molar-refractivity contribution in [1.29, 1.82) is 0 Å². The summed E-state index contributed by atoms with van der Waals surface area (Å²) in [6.45, 7) is 4.28. The zero-order chi connectivity index (χ0) is 8.32. The number of rotatable bonds is 3. The van der Waals surface area contributed by atoms with Crippen LogP contribution in [0.1, 0.15) is 6.42 Å². The molecule has 0 aliphatic heterocycles. The minimum absolute atomic E-state index is 0. The molecule has 0 spiro atoms. The molecule has 1 N–H and O–H groups in total. The van der Waals surface area contributed by atoms with Crippen LogP contribution in [-0.4, -0.2) is 52.4 Å². The van der Waals surface area contributed by atoms with E-state index in [9.17, 15) is 4.79 Å². The van der Waals surface area contributed by atoms with Crippen LogP contribution in [-0.2, 0) is 4.79 Å². The van der Waals surface area contributed by atoms with Gasteiger partial charge < -0.3 is 4.98 Å². The van der Waals surface area contributed by atoms with E-state index < -0.39 is 8.24 Å². The molecule has 0 aromatic rings. The number of carbonyl (C=O) groups is 1. The second kappa shape index (κ2) is 6.76. The molecule has 0 fully saturated rings. The van der Waals surface area contributed by atoms with Crippen molar-refractivity contribution >= 4 is 52.4 Å². The van der Waals surface area contributed by atoms with Crippen molar-refractivity contribution in [3.05, 3.63) is 23.4 Å². The summed E-state index contributed by atoms with van der Waals surface area (Å²) in [5, 5.41) is 1.39. The number of allylic oxidation sites excluding steroid dienone is 4. The summed E-state index contributed by atoms with van der Waals surface area (Å²) in [6, 6.07) is 0. The van der Waals surface area contributed by atoms with E-state index in [2.05, 4.69) is 36.3 Å². The van der Waals surface area contributed by atoms with Crippen molar-refractivity contribution < 1.29 is 4.79 Å². The molecule has 0 atom stereocenters. The Hall–Kier alpha value is 0.362. The van der Waals surface area contributed by atoms with E-state index in [1.54, 1.807) is 0 Å². The molecule has 0 unspecified atom stereocenters. The summed E-state index contributed by atoms with van der Waals surface area (Å²) in [7, 11) is -1.59. The van der Waals surface area contributed by atoms with Crippen LogP contribution in [0.3, 0.4) is 0 Å². The van der Waals surface area contributed by atoms with Crippen LogP contribution in [0.25, 0.3) is 0 Å². The van der Waals surface area contributed by atoms with Gasteiger partial charge in [-0.25, -0.2) is 0 Å². The third-order valence-electron chi connectivity index (χ3n) is 1.99. The van der Waals surface area contributed by atoms with Gasteiger partial charge in [-0.2, -0.15) is 0 Å². The van der Waals surface area contributed by atoms with Crippen LogP contribution >= 0.6 is 0 Å². The minimum atomic E-state index is -1.59. The predicted molar refractivity (Wildman–Crippen MR) is 62.8 cm³/mol. The molecule has 0 heterocycles. The van der Waals surface area contributed by atoms with Crippen molar-refractivity contribution in [3.8, 4) is 0 Å². The first kappa shape index (κ1) is 15.8. The summed E-state index contributed by atoms with van der Waals surface area (Å²) in [4.78, 5) is 13.2. The second-order valence-corrected chi connectivity index (χ2v) is 7.39. The van der Waals surface area contributed by atoms with Gasteiger partial charge in [-0.15, -0.1) is 0 Å². The molecule has 0 saturated carbocycles. The first-order valence-electron chi connectivity index (χ1n) is 3.74. The molecule has 1 amide bonds. The third-order valence-corrected chi connectivity index (χ3v) is 4.81. The zero-order valence-corrected chi connectivity index (χ0v) is 7.92. The van der Waals surface area contributed by atoms with Crippen LogP contribution in [0, 0.1) is 0 Å². The van der Waals surface area contributed by atoms with E-state index in [1.165, 1.54) is 5.20 Å². The summed E-state index contributed by atoms with van der Waals surface area (Å²) in [6.07, 6.45) is 8.11. The van der Waals surface area contributed by atoms with E-state index in [0.717, 1.165) is 12.8 Å². The molecule has 1 aliphatic carbocycles. The first-order valence-corrected chi connectivity index (χ1v) is 6.74. The van der Waals surface area contributed by atoms with Gasteiger partial charge >= 0.3 is 37.7 Å². The van der Waals surface area contributed by atoms with Crippen molar-refractivity contribution in [2.45, 2.75) is 19.5 Å². The Balaban J connectivity index is 0. The monoisotopic (exact) mass is 183 g/mol. The van der Waals surface area contributed by atoms with Gasteiger partial charge in [0.05, 0.1) is 0 Å². The fourth-order valence-corrected chi connectivity index (χ4v) is 2.77. The Morgan fingerprint density at radius 2 is 2.08 bits per heavy atom. The Morgan fingerprint density at radius 1 is 1.46 bits per heavy atom. The number of amides is 1. The molecule has 0 bridgehead atoms. The van der Waals surface area contributed by atoms with Crippen molar-refractivity contribution in [2.75, 3.05) is 0 Å². The molecule has 2 nitrogen and oxygen atoms in total. The topological polar surface area (TPSA) is 29.1 Å². The third kappa shape index (κ3) is 4.40. The average molecular weight is 183 g/mol. The fraction of sp³-hybridized carbons (Fsp3) is 0.375. The van der Waals surface area contributed by atoms with E-state index >= 15 is 0 Å². The van der Waals surface area contributed by atoms with Crippen molar-refractivity contribution in [3.63, 3.8) is 0 Å². The van der Waals surface area contributed by atoms with Gasteiger partial charge in [-0.05, 0) is 19.5 Å². The van der Waals surface area contributed by atoms with E-state index in [1.807, 2.05) is 0 Å². The Labute approximate surface area is 105 Å². The van der Waals surface area contributed by atoms with E-state index in [4.69, 9.17) is 0 Å². The molecule has 0 aromatic carbocycles. The van der Waals surface area contributed by atoms with Gasteiger partial charge in [0.15, 0.2) is 14.6 Å². The quantitative estimate of drug-likeness (QED) is 0.486. The average Bonchev–Trinajstić information content (AvgIpc) is 2.37. The molecular weight excluding hydrogens is 168 g/mol. The maximum absolute atomic E-state index is 10.3. The van der Waals surface area contributed by atoms with Crippen molar-refractivity contribution in [2.24, 2.45) is 0 Å². The first-order chi connectivity index (χ1) is 5.17. The van der Waals surface area contributed by atoms with Crippen LogP contribution < -0.4 is 4.98 Å². The fourth-order valence-electron chi connectivity index (χ4n) is 1.15. The SMILES string of the molecule is C[Si](C)(NC=O)C1=CC=CC1.[LiH].[LiH]. The predicted octanol–water partition coefficient (Wildman–Crippen LogP) is 0.0660. The summed E-state index contributed by atoms with van der Waals surface area (Å²) < 4.78 is 0. The number of hydrogen-bond acceptors (Lipinski definition) is 1. The van der Waals surface area contributed by atoms with Crippen LogP contribution in [0.2, 0.25) is 13.1 Å². The van der Waals surface area contributed by atoms with Gasteiger partial charge in [-0.3, -0.25) is 4.79 Å². The van der Waals surface area contributed by atoms with Crippen LogP contribution in [0.4, 0.5) is 0 Å². The molecule has 1 aliphatic rings.